The molecule has 0 radical (unpaired) electrons. The number of aromatic nitrogens is 3. The van der Waals surface area contributed by atoms with Gasteiger partial charge in [0.25, 0.3) is 0 Å². The van der Waals surface area contributed by atoms with Crippen molar-refractivity contribution in [3.63, 3.8) is 0 Å². The van der Waals surface area contributed by atoms with Gasteiger partial charge in [0.15, 0.2) is 0 Å². The lowest BCUT2D eigenvalue weighted by molar-refractivity contribution is 0.310. The second-order valence-electron chi connectivity index (χ2n) is 6.94. The number of para-hydroxylation sites is 1. The maximum atomic E-state index is 6.32. The van der Waals surface area contributed by atoms with Crippen molar-refractivity contribution in [3.8, 4) is 17.0 Å². The maximum Gasteiger partial charge on any atom is 0.237 e. The smallest absolute Gasteiger partial charge is 0.237 e. The summed E-state index contributed by atoms with van der Waals surface area (Å²) in [5.74, 6) is 1.17. The number of nitrogens with zero attached hydrogens (tertiary/aromatic N) is 3. The molecule has 0 unspecified atom stereocenters. The number of hydrogen-bond acceptors (Lipinski definition) is 7. The van der Waals surface area contributed by atoms with E-state index in [0.717, 1.165) is 45.5 Å². The fourth-order valence-corrected chi connectivity index (χ4v) is 3.54. The summed E-state index contributed by atoms with van der Waals surface area (Å²) in [5.41, 5.74) is 12.6. The lowest BCUT2D eigenvalue weighted by atomic mass is 9.99. The monoisotopic (exact) mass is 384 g/mol. The van der Waals surface area contributed by atoms with E-state index in [0.29, 0.717) is 24.1 Å². The first kappa shape index (κ1) is 17.2. The van der Waals surface area contributed by atoms with Crippen molar-refractivity contribution in [3.05, 3.63) is 60.4 Å². The molecule has 0 saturated carbocycles. The molecule has 0 fully saturated rings. The van der Waals surface area contributed by atoms with Crippen molar-refractivity contribution < 1.29 is 4.74 Å². The molecule has 7 heteroatoms. The SMILES string of the molecule is Cc1c(-c2cc(N)c3cnc(Nc4ccccc4)nc3c2)cnc2c1NCCO2. The van der Waals surface area contributed by atoms with Gasteiger partial charge >= 0.3 is 0 Å². The van der Waals surface area contributed by atoms with E-state index in [-0.39, 0.29) is 0 Å². The minimum atomic E-state index is 0.524. The molecular formula is C22H20N6O. The first-order valence-electron chi connectivity index (χ1n) is 9.44. The molecule has 29 heavy (non-hydrogen) atoms. The zero-order valence-corrected chi connectivity index (χ0v) is 15.9. The predicted octanol–water partition coefficient (Wildman–Crippen LogP) is 4.13. The molecule has 0 amide bonds. The molecule has 4 aromatic rings. The van der Waals surface area contributed by atoms with Crippen LogP contribution in [-0.2, 0) is 0 Å². The number of rotatable bonds is 3. The highest BCUT2D eigenvalue weighted by Gasteiger charge is 2.18. The highest BCUT2D eigenvalue weighted by Crippen LogP contribution is 2.37. The van der Waals surface area contributed by atoms with Crippen LogP contribution in [0.5, 0.6) is 5.88 Å². The van der Waals surface area contributed by atoms with E-state index >= 15 is 0 Å². The summed E-state index contributed by atoms with van der Waals surface area (Å²) < 4.78 is 5.63. The molecule has 0 aliphatic carbocycles. The topological polar surface area (TPSA) is 98.0 Å². The number of anilines is 4. The Bertz CT molecular complexity index is 1210. The molecule has 1 aliphatic heterocycles. The molecule has 1 aliphatic rings. The van der Waals surface area contributed by atoms with Crippen LogP contribution in [0.25, 0.3) is 22.0 Å². The van der Waals surface area contributed by atoms with Crippen LogP contribution in [0, 0.1) is 6.92 Å². The minimum absolute atomic E-state index is 0.524. The van der Waals surface area contributed by atoms with Crippen LogP contribution in [0.4, 0.5) is 23.0 Å². The number of hydrogen-bond donors (Lipinski definition) is 3. The Kier molecular flexibility index (Phi) is 4.13. The minimum Gasteiger partial charge on any atom is -0.474 e. The van der Waals surface area contributed by atoms with Gasteiger partial charge < -0.3 is 21.1 Å². The zero-order valence-electron chi connectivity index (χ0n) is 15.9. The van der Waals surface area contributed by atoms with Crippen molar-refractivity contribution in [2.45, 2.75) is 6.92 Å². The summed E-state index contributed by atoms with van der Waals surface area (Å²) in [6, 6.07) is 13.8. The van der Waals surface area contributed by atoms with E-state index in [2.05, 4.69) is 32.5 Å². The number of nitrogens with two attached hydrogens (primary N) is 1. The predicted molar refractivity (Wildman–Crippen MR) is 116 cm³/mol. The Morgan fingerprint density at radius 3 is 2.83 bits per heavy atom. The average molecular weight is 384 g/mol. The van der Waals surface area contributed by atoms with E-state index < -0.39 is 0 Å². The van der Waals surface area contributed by atoms with Crippen molar-refractivity contribution >= 4 is 33.9 Å². The van der Waals surface area contributed by atoms with Gasteiger partial charge in [-0.15, -0.1) is 0 Å². The van der Waals surface area contributed by atoms with Gasteiger partial charge in [0.1, 0.15) is 12.3 Å². The van der Waals surface area contributed by atoms with Gasteiger partial charge in [-0.25, -0.2) is 15.0 Å². The van der Waals surface area contributed by atoms with E-state index in [9.17, 15) is 0 Å². The third kappa shape index (κ3) is 3.16. The third-order valence-corrected chi connectivity index (χ3v) is 5.02. The average Bonchev–Trinajstić information content (AvgIpc) is 2.75. The van der Waals surface area contributed by atoms with Crippen LogP contribution in [-0.4, -0.2) is 28.1 Å². The third-order valence-electron chi connectivity index (χ3n) is 5.02. The molecule has 0 saturated heterocycles. The number of pyridine rings is 1. The molecule has 3 heterocycles. The van der Waals surface area contributed by atoms with Crippen LogP contribution in [0.2, 0.25) is 0 Å². The van der Waals surface area contributed by atoms with Crippen LogP contribution in [0.15, 0.2) is 54.9 Å². The van der Waals surface area contributed by atoms with Gasteiger partial charge in [-0.1, -0.05) is 18.2 Å². The molecule has 2 aromatic carbocycles. The molecule has 144 valence electrons. The number of fused-ring (bicyclic) bond motifs is 2. The summed E-state index contributed by atoms with van der Waals surface area (Å²) in [7, 11) is 0. The maximum absolute atomic E-state index is 6.32. The molecule has 0 bridgehead atoms. The van der Waals surface area contributed by atoms with Gasteiger partial charge in [-0.05, 0) is 42.3 Å². The largest absolute Gasteiger partial charge is 0.474 e. The summed E-state index contributed by atoms with van der Waals surface area (Å²) in [6.07, 6.45) is 3.58. The normalized spacial score (nSPS) is 12.7. The summed E-state index contributed by atoms with van der Waals surface area (Å²) >= 11 is 0. The lowest BCUT2D eigenvalue weighted by Crippen LogP contribution is -2.20. The van der Waals surface area contributed by atoms with Crippen molar-refractivity contribution in [2.75, 3.05) is 29.5 Å². The van der Waals surface area contributed by atoms with Crippen molar-refractivity contribution in [1.82, 2.24) is 15.0 Å². The molecule has 0 spiro atoms. The highest BCUT2D eigenvalue weighted by atomic mass is 16.5. The number of ether oxygens (including phenoxy) is 1. The zero-order chi connectivity index (χ0) is 19.8. The van der Waals surface area contributed by atoms with Gasteiger partial charge in [0.2, 0.25) is 11.8 Å². The Labute approximate surface area is 168 Å². The van der Waals surface area contributed by atoms with Crippen LogP contribution in [0.3, 0.4) is 0 Å². The first-order valence-corrected chi connectivity index (χ1v) is 9.44. The second-order valence-corrected chi connectivity index (χ2v) is 6.94. The van der Waals surface area contributed by atoms with Crippen molar-refractivity contribution in [2.24, 2.45) is 0 Å². The van der Waals surface area contributed by atoms with Gasteiger partial charge in [0, 0.05) is 41.3 Å². The molecule has 0 atom stereocenters. The van der Waals surface area contributed by atoms with Crippen LogP contribution >= 0.6 is 0 Å². The number of nitrogen functional groups attached to an aromatic ring is 1. The fraction of sp³-hybridized carbons (Fsp3) is 0.136. The fourth-order valence-electron chi connectivity index (χ4n) is 3.54. The number of nitrogens with one attached hydrogen (secondary N) is 2. The van der Waals surface area contributed by atoms with Gasteiger partial charge in [0.05, 0.1) is 5.52 Å². The molecular weight excluding hydrogens is 364 g/mol. The Balaban J connectivity index is 1.58. The van der Waals surface area contributed by atoms with Gasteiger partial charge in [-0.3, -0.25) is 0 Å². The molecule has 2 aromatic heterocycles. The summed E-state index contributed by atoms with van der Waals surface area (Å²) in [6.45, 7) is 3.44. The number of benzene rings is 2. The van der Waals surface area contributed by atoms with Crippen LogP contribution < -0.4 is 21.1 Å². The highest BCUT2D eigenvalue weighted by molar-refractivity contribution is 5.95. The quantitative estimate of drug-likeness (QED) is 0.457. The van der Waals surface area contributed by atoms with Crippen LogP contribution in [0.1, 0.15) is 5.56 Å². The summed E-state index contributed by atoms with van der Waals surface area (Å²) in [4.78, 5) is 13.5. The van der Waals surface area contributed by atoms with E-state index in [1.807, 2.05) is 48.7 Å². The van der Waals surface area contributed by atoms with Gasteiger partial charge in [-0.2, -0.15) is 0 Å². The van der Waals surface area contributed by atoms with E-state index in [1.165, 1.54) is 0 Å². The molecule has 7 nitrogen and oxygen atoms in total. The second kappa shape index (κ2) is 6.94. The van der Waals surface area contributed by atoms with E-state index in [1.54, 1.807) is 6.20 Å². The Morgan fingerprint density at radius 2 is 1.97 bits per heavy atom. The first-order chi connectivity index (χ1) is 14.2. The van der Waals surface area contributed by atoms with E-state index in [4.69, 9.17) is 10.5 Å². The van der Waals surface area contributed by atoms with Crippen molar-refractivity contribution in [1.29, 1.82) is 0 Å². The Morgan fingerprint density at radius 1 is 1.10 bits per heavy atom. The summed E-state index contributed by atoms with van der Waals surface area (Å²) in [5, 5.41) is 7.42. The Hall–Kier alpha value is -3.87. The molecule has 5 rings (SSSR count). The molecule has 4 N–H and O–H groups in total. The lowest BCUT2D eigenvalue weighted by Gasteiger charge is -2.21. The standard InChI is InChI=1S/C22H20N6O/c1-13-16(11-25-21-20(13)24-7-8-29-21)14-9-18(23)17-12-26-22(28-19(17)10-14)27-15-5-3-2-4-6-15/h2-6,9-12,24H,7-8,23H2,1H3,(H,26,27,28).